The number of anilines is 1. The molecule has 168 valence electrons. The number of methoxy groups -OCH3 is 1. The maximum absolute atomic E-state index is 14.0. The Labute approximate surface area is 196 Å². The van der Waals surface area contributed by atoms with Crippen LogP contribution in [0.1, 0.15) is 45.5 Å². The number of amides is 2. The van der Waals surface area contributed by atoms with E-state index in [1.807, 2.05) is 48.5 Å². The molecule has 2 bridgehead atoms. The zero-order valence-electron chi connectivity index (χ0n) is 18.6. The molecule has 3 aliphatic carbocycles. The van der Waals surface area contributed by atoms with Crippen LogP contribution in [0.15, 0.2) is 72.8 Å². The molecule has 1 fully saturated rings. The number of carbonyl (C=O) groups excluding carboxylic acids is 4. The fraction of sp³-hybridized carbons (Fsp3) is 0.214. The summed E-state index contributed by atoms with van der Waals surface area (Å²) in [5.74, 6) is -3.17. The van der Waals surface area contributed by atoms with E-state index in [4.69, 9.17) is 4.74 Å². The molecule has 0 N–H and O–H groups in total. The molecule has 3 aromatic rings. The highest BCUT2D eigenvalue weighted by Gasteiger charge is 2.69. The van der Waals surface area contributed by atoms with Gasteiger partial charge in [-0.2, -0.15) is 0 Å². The van der Waals surface area contributed by atoms with E-state index in [0.29, 0.717) is 11.3 Å². The monoisotopic (exact) mass is 451 g/mol. The number of ketones is 1. The molecule has 7 rings (SSSR count). The molecule has 2 atom stereocenters. The van der Waals surface area contributed by atoms with Gasteiger partial charge in [0.2, 0.25) is 11.8 Å². The van der Waals surface area contributed by atoms with Gasteiger partial charge in [-0.25, -0.2) is 9.69 Å². The van der Waals surface area contributed by atoms with Crippen molar-refractivity contribution in [2.75, 3.05) is 12.0 Å². The summed E-state index contributed by atoms with van der Waals surface area (Å²) in [7, 11) is 1.29. The van der Waals surface area contributed by atoms with Crippen molar-refractivity contribution in [2.24, 2.45) is 11.8 Å². The standard InChI is InChI=1S/C28H21NO5/c1-15(30)28-20-9-5-3-7-18(20)22(19-8-4-6-10-21(19)28)23-24(28)26(32)29(25(23)31)17-13-11-16(12-14-17)27(33)34-2/h3-14,22-24H,1-2H3. The maximum atomic E-state index is 14.0. The van der Waals surface area contributed by atoms with Crippen LogP contribution < -0.4 is 4.90 Å². The Hall–Kier alpha value is -4.06. The third-order valence-corrected chi connectivity index (χ3v) is 7.72. The highest BCUT2D eigenvalue weighted by Crippen LogP contribution is 2.64. The quantitative estimate of drug-likeness (QED) is 0.449. The van der Waals surface area contributed by atoms with Crippen molar-refractivity contribution in [3.05, 3.63) is 101 Å². The van der Waals surface area contributed by atoms with E-state index in [2.05, 4.69) is 0 Å². The maximum Gasteiger partial charge on any atom is 0.337 e. The Balaban J connectivity index is 1.57. The van der Waals surface area contributed by atoms with E-state index in [9.17, 15) is 19.2 Å². The predicted octanol–water partition coefficient (Wildman–Crippen LogP) is 3.61. The minimum absolute atomic E-state index is 0.149. The molecule has 2 unspecified atom stereocenters. The summed E-state index contributed by atoms with van der Waals surface area (Å²) in [6.45, 7) is 1.52. The molecule has 3 aromatic carbocycles. The van der Waals surface area contributed by atoms with Crippen molar-refractivity contribution in [3.63, 3.8) is 0 Å². The van der Waals surface area contributed by atoms with Gasteiger partial charge in [0.15, 0.2) is 0 Å². The topological polar surface area (TPSA) is 80.8 Å². The molecule has 1 aliphatic heterocycles. The van der Waals surface area contributed by atoms with E-state index in [-0.39, 0.29) is 23.5 Å². The zero-order chi connectivity index (χ0) is 23.8. The number of nitrogens with zero attached hydrogens (tertiary/aromatic N) is 1. The van der Waals surface area contributed by atoms with Crippen molar-refractivity contribution >= 4 is 29.3 Å². The minimum atomic E-state index is -1.22. The lowest BCUT2D eigenvalue weighted by Crippen LogP contribution is -2.57. The summed E-state index contributed by atoms with van der Waals surface area (Å²) in [5.41, 5.74) is 2.97. The van der Waals surface area contributed by atoms with Crippen molar-refractivity contribution in [1.82, 2.24) is 0 Å². The molecule has 6 heteroatoms. The van der Waals surface area contributed by atoms with Crippen LogP contribution in [0.3, 0.4) is 0 Å². The molecule has 0 spiro atoms. The number of imide groups is 1. The summed E-state index contributed by atoms with van der Waals surface area (Å²) in [5, 5.41) is 0. The van der Waals surface area contributed by atoms with Crippen LogP contribution in [-0.4, -0.2) is 30.7 Å². The highest BCUT2D eigenvalue weighted by atomic mass is 16.5. The van der Waals surface area contributed by atoms with Crippen molar-refractivity contribution in [2.45, 2.75) is 18.3 Å². The van der Waals surface area contributed by atoms with Crippen molar-refractivity contribution < 1.29 is 23.9 Å². The summed E-state index contributed by atoms with van der Waals surface area (Å²) in [6.07, 6.45) is 0. The molecule has 0 aromatic heterocycles. The average molecular weight is 451 g/mol. The number of ether oxygens (including phenoxy) is 1. The van der Waals surface area contributed by atoms with Crippen LogP contribution in [0, 0.1) is 11.8 Å². The third kappa shape index (κ3) is 2.30. The summed E-state index contributed by atoms with van der Waals surface area (Å²) in [4.78, 5) is 54.5. The highest BCUT2D eigenvalue weighted by molar-refractivity contribution is 6.25. The summed E-state index contributed by atoms with van der Waals surface area (Å²) < 4.78 is 4.74. The van der Waals surface area contributed by atoms with Crippen molar-refractivity contribution in [1.29, 1.82) is 0 Å². The Kier molecular flexibility index (Phi) is 4.21. The van der Waals surface area contributed by atoms with Crippen LogP contribution in [-0.2, 0) is 24.5 Å². The average Bonchev–Trinajstić information content (AvgIpc) is 3.14. The second-order valence-corrected chi connectivity index (χ2v) is 9.07. The van der Waals surface area contributed by atoms with E-state index >= 15 is 0 Å². The first-order valence-electron chi connectivity index (χ1n) is 11.2. The van der Waals surface area contributed by atoms with Gasteiger partial charge in [0.05, 0.1) is 35.6 Å². The largest absolute Gasteiger partial charge is 0.465 e. The van der Waals surface area contributed by atoms with Gasteiger partial charge < -0.3 is 4.74 Å². The molecule has 0 saturated carbocycles. The Morgan fingerprint density at radius 2 is 1.38 bits per heavy atom. The van der Waals surface area contributed by atoms with Crippen LogP contribution in [0.2, 0.25) is 0 Å². The van der Waals surface area contributed by atoms with Crippen LogP contribution in [0.4, 0.5) is 5.69 Å². The van der Waals surface area contributed by atoms with E-state index in [0.717, 1.165) is 22.3 Å². The summed E-state index contributed by atoms with van der Waals surface area (Å²) in [6, 6.07) is 21.6. The van der Waals surface area contributed by atoms with Gasteiger partial charge in [0, 0.05) is 5.92 Å². The predicted molar refractivity (Wildman–Crippen MR) is 123 cm³/mol. The van der Waals surface area contributed by atoms with Gasteiger partial charge in [-0.15, -0.1) is 0 Å². The van der Waals surface area contributed by atoms with E-state index in [1.54, 1.807) is 12.1 Å². The van der Waals surface area contributed by atoms with Gasteiger partial charge in [-0.05, 0) is 53.4 Å². The second-order valence-electron chi connectivity index (χ2n) is 9.07. The first-order chi connectivity index (χ1) is 16.4. The van der Waals surface area contributed by atoms with E-state index in [1.165, 1.54) is 31.1 Å². The zero-order valence-corrected chi connectivity index (χ0v) is 18.6. The Morgan fingerprint density at radius 3 is 1.91 bits per heavy atom. The van der Waals surface area contributed by atoms with Gasteiger partial charge in [-0.1, -0.05) is 48.5 Å². The van der Waals surface area contributed by atoms with Crippen LogP contribution in [0.25, 0.3) is 0 Å². The third-order valence-electron chi connectivity index (χ3n) is 7.72. The Morgan fingerprint density at radius 1 is 0.824 bits per heavy atom. The molecular formula is C28H21NO5. The SMILES string of the molecule is COC(=O)c1ccc(N2C(=O)C3C4c5ccccc5C(C(C)=O)(c5ccccc54)C3C2=O)cc1. The molecule has 6 nitrogen and oxygen atoms in total. The first kappa shape index (κ1) is 20.5. The number of rotatable bonds is 3. The lowest BCUT2D eigenvalue weighted by molar-refractivity contribution is -0.132. The first-order valence-corrected chi connectivity index (χ1v) is 11.2. The molecular weight excluding hydrogens is 430 g/mol. The number of esters is 1. The van der Waals surface area contributed by atoms with Crippen molar-refractivity contribution in [3.8, 4) is 0 Å². The lowest BCUT2D eigenvalue weighted by Gasteiger charge is -2.52. The van der Waals surface area contributed by atoms with E-state index < -0.39 is 23.2 Å². The van der Waals surface area contributed by atoms with Gasteiger partial charge in [0.25, 0.3) is 0 Å². The number of hydrogen-bond donors (Lipinski definition) is 0. The molecule has 1 saturated heterocycles. The molecule has 4 aliphatic rings. The molecule has 2 amide bonds. The Bertz CT molecular complexity index is 1360. The van der Waals surface area contributed by atoms with Gasteiger partial charge >= 0.3 is 5.97 Å². The number of carbonyl (C=O) groups is 4. The molecule has 0 radical (unpaired) electrons. The smallest absolute Gasteiger partial charge is 0.337 e. The fourth-order valence-electron chi connectivity index (χ4n) is 6.49. The van der Waals surface area contributed by atoms with Crippen LogP contribution in [0.5, 0.6) is 0 Å². The second kappa shape index (κ2) is 6.97. The summed E-state index contributed by atoms with van der Waals surface area (Å²) >= 11 is 0. The van der Waals surface area contributed by atoms with Crippen LogP contribution >= 0.6 is 0 Å². The fourth-order valence-corrected chi connectivity index (χ4v) is 6.49. The minimum Gasteiger partial charge on any atom is -0.465 e. The molecule has 1 heterocycles. The van der Waals surface area contributed by atoms with Gasteiger partial charge in [0.1, 0.15) is 5.78 Å². The number of hydrogen-bond acceptors (Lipinski definition) is 5. The lowest BCUT2D eigenvalue weighted by atomic mass is 9.46. The normalized spacial score (nSPS) is 26.1. The van der Waals surface area contributed by atoms with Gasteiger partial charge in [-0.3, -0.25) is 14.4 Å². The number of Topliss-reactive ketones (excluding diaryl/α,β-unsaturated/α-hetero) is 1. The molecule has 34 heavy (non-hydrogen) atoms. The number of benzene rings is 3.